The van der Waals surface area contributed by atoms with Gasteiger partial charge >= 0.3 is 0 Å². The Hall–Kier alpha value is -0.590. The van der Waals surface area contributed by atoms with Gasteiger partial charge in [0, 0.05) is 22.1 Å². The molecule has 4 nitrogen and oxygen atoms in total. The van der Waals surface area contributed by atoms with Gasteiger partial charge in [-0.15, -0.1) is 11.3 Å². The van der Waals surface area contributed by atoms with E-state index >= 15 is 0 Å². The normalized spacial score (nSPS) is 15.7. The first kappa shape index (κ1) is 13.8. The summed E-state index contributed by atoms with van der Waals surface area (Å²) in [4.78, 5) is 12.8. The molecule has 18 heavy (non-hydrogen) atoms. The molecule has 1 aromatic rings. The smallest absolute Gasteiger partial charge is 0.262 e. The van der Waals surface area contributed by atoms with Gasteiger partial charge in [-0.05, 0) is 25.3 Å². The van der Waals surface area contributed by atoms with E-state index in [9.17, 15) is 13.2 Å². The van der Waals surface area contributed by atoms with Crippen molar-refractivity contribution in [1.29, 1.82) is 0 Å². The third kappa shape index (κ3) is 3.46. The first-order valence-corrected chi connectivity index (χ1v) is 8.84. The zero-order valence-corrected chi connectivity index (χ0v) is 12.3. The molecule has 0 saturated heterocycles. The van der Waals surface area contributed by atoms with Gasteiger partial charge in [-0.25, -0.2) is 8.42 Å². The SMILES string of the molecule is Cc1sc(C(=O)NCCC2CC2)cc1S(=O)(=O)Cl. The fraction of sp³-hybridized carbons (Fsp3) is 0.545. The van der Waals surface area contributed by atoms with Gasteiger partial charge < -0.3 is 5.32 Å². The number of carbonyl (C=O) groups excluding carboxylic acids is 1. The highest BCUT2D eigenvalue weighted by Gasteiger charge is 2.22. The van der Waals surface area contributed by atoms with Crippen LogP contribution in [-0.2, 0) is 9.05 Å². The van der Waals surface area contributed by atoms with Crippen LogP contribution in [0.1, 0.15) is 33.8 Å². The molecule has 1 amide bonds. The van der Waals surface area contributed by atoms with E-state index in [1.807, 2.05) is 0 Å². The number of aryl methyl sites for hydroxylation is 1. The summed E-state index contributed by atoms with van der Waals surface area (Å²) in [5.74, 6) is 0.532. The minimum atomic E-state index is -3.77. The Morgan fingerprint density at radius 2 is 2.22 bits per heavy atom. The number of amides is 1. The highest BCUT2D eigenvalue weighted by molar-refractivity contribution is 8.13. The van der Waals surface area contributed by atoms with Crippen LogP contribution in [0.15, 0.2) is 11.0 Å². The molecule has 0 aromatic carbocycles. The molecule has 1 heterocycles. The van der Waals surface area contributed by atoms with Crippen LogP contribution in [-0.4, -0.2) is 20.9 Å². The van der Waals surface area contributed by atoms with Crippen LogP contribution in [0.3, 0.4) is 0 Å². The van der Waals surface area contributed by atoms with Crippen molar-refractivity contribution in [2.24, 2.45) is 5.92 Å². The van der Waals surface area contributed by atoms with Gasteiger partial charge in [0.25, 0.3) is 15.0 Å². The molecule has 1 saturated carbocycles. The monoisotopic (exact) mass is 307 g/mol. The summed E-state index contributed by atoms with van der Waals surface area (Å²) in [6.45, 7) is 2.28. The third-order valence-electron chi connectivity index (χ3n) is 2.89. The molecule has 0 unspecified atom stereocenters. The van der Waals surface area contributed by atoms with Crippen LogP contribution in [0.25, 0.3) is 0 Å². The topological polar surface area (TPSA) is 63.2 Å². The molecule has 100 valence electrons. The van der Waals surface area contributed by atoms with Gasteiger partial charge in [-0.3, -0.25) is 4.79 Å². The number of carbonyl (C=O) groups is 1. The fourth-order valence-corrected chi connectivity index (χ4v) is 4.28. The van der Waals surface area contributed by atoms with Crippen LogP contribution in [0.5, 0.6) is 0 Å². The Bertz CT molecular complexity index is 561. The van der Waals surface area contributed by atoms with E-state index in [1.54, 1.807) is 6.92 Å². The number of nitrogens with one attached hydrogen (secondary N) is 1. The van der Waals surface area contributed by atoms with Crippen molar-refractivity contribution >= 4 is 37.0 Å². The maximum absolute atomic E-state index is 11.8. The zero-order chi connectivity index (χ0) is 13.3. The van der Waals surface area contributed by atoms with E-state index in [1.165, 1.54) is 18.9 Å². The van der Waals surface area contributed by atoms with Crippen LogP contribution in [0.2, 0.25) is 0 Å². The maximum atomic E-state index is 11.8. The molecule has 1 N–H and O–H groups in total. The summed E-state index contributed by atoms with van der Waals surface area (Å²) in [6, 6.07) is 1.34. The van der Waals surface area contributed by atoms with E-state index in [4.69, 9.17) is 10.7 Å². The van der Waals surface area contributed by atoms with Crippen LogP contribution < -0.4 is 5.32 Å². The number of halogens is 1. The Morgan fingerprint density at radius 1 is 1.56 bits per heavy atom. The average Bonchev–Trinajstić information content (AvgIpc) is 2.98. The van der Waals surface area contributed by atoms with Crippen molar-refractivity contribution in [3.05, 3.63) is 15.8 Å². The number of hydrogen-bond donors (Lipinski definition) is 1. The highest BCUT2D eigenvalue weighted by atomic mass is 35.7. The van der Waals surface area contributed by atoms with E-state index in [0.29, 0.717) is 16.3 Å². The molecule has 0 aliphatic heterocycles. The Labute approximate surface area is 115 Å². The standard InChI is InChI=1S/C11H14ClNO3S2/c1-7-10(18(12,15)16)6-9(17-7)11(14)13-5-4-8-2-3-8/h6,8H,2-5H2,1H3,(H,13,14). The van der Waals surface area contributed by atoms with E-state index in [0.717, 1.165) is 23.7 Å². The lowest BCUT2D eigenvalue weighted by molar-refractivity contribution is 0.0956. The second kappa shape index (κ2) is 5.19. The second-order valence-corrected chi connectivity index (χ2v) is 8.25. The summed E-state index contributed by atoms with van der Waals surface area (Å²) in [5.41, 5.74) is 0. The van der Waals surface area contributed by atoms with Gasteiger partial charge in [0.05, 0.1) is 9.77 Å². The number of rotatable bonds is 5. The molecule has 7 heteroatoms. The first-order chi connectivity index (χ1) is 8.38. The largest absolute Gasteiger partial charge is 0.351 e. The molecule has 0 radical (unpaired) electrons. The molecular weight excluding hydrogens is 294 g/mol. The van der Waals surface area contributed by atoms with Crippen molar-refractivity contribution in [3.63, 3.8) is 0 Å². The minimum absolute atomic E-state index is 0.0292. The Morgan fingerprint density at radius 3 is 2.72 bits per heavy atom. The predicted octanol–water partition coefficient (Wildman–Crippen LogP) is 2.51. The summed E-state index contributed by atoms with van der Waals surface area (Å²) in [6.07, 6.45) is 3.50. The van der Waals surface area contributed by atoms with Crippen molar-refractivity contribution in [3.8, 4) is 0 Å². The molecule has 1 aliphatic rings. The Balaban J connectivity index is 2.01. The lowest BCUT2D eigenvalue weighted by Crippen LogP contribution is -2.23. The molecular formula is C11H14ClNO3S2. The first-order valence-electron chi connectivity index (χ1n) is 5.71. The molecule has 1 aromatic heterocycles. The molecule has 0 bridgehead atoms. The van der Waals surface area contributed by atoms with Gasteiger partial charge in [0.1, 0.15) is 0 Å². The summed E-state index contributed by atoms with van der Waals surface area (Å²) in [5, 5.41) is 2.80. The quantitative estimate of drug-likeness (QED) is 0.850. The lowest BCUT2D eigenvalue weighted by Gasteiger charge is -2.01. The van der Waals surface area contributed by atoms with Crippen LogP contribution in [0, 0.1) is 12.8 Å². The third-order valence-corrected chi connectivity index (χ3v) is 5.52. The summed E-state index contributed by atoms with van der Waals surface area (Å²) in [7, 11) is 1.52. The van der Waals surface area contributed by atoms with Gasteiger partial charge in [0.15, 0.2) is 0 Å². The van der Waals surface area contributed by atoms with Gasteiger partial charge in [-0.2, -0.15) is 0 Å². The number of thiophene rings is 1. The van der Waals surface area contributed by atoms with E-state index < -0.39 is 9.05 Å². The lowest BCUT2D eigenvalue weighted by atomic mass is 10.3. The van der Waals surface area contributed by atoms with Crippen molar-refractivity contribution in [1.82, 2.24) is 5.32 Å². The zero-order valence-electron chi connectivity index (χ0n) is 9.90. The minimum Gasteiger partial charge on any atom is -0.351 e. The molecule has 0 spiro atoms. The van der Waals surface area contributed by atoms with Crippen molar-refractivity contribution < 1.29 is 13.2 Å². The van der Waals surface area contributed by atoms with Gasteiger partial charge in [0.2, 0.25) is 0 Å². The molecule has 1 aliphatic carbocycles. The van der Waals surface area contributed by atoms with Crippen LogP contribution >= 0.6 is 22.0 Å². The number of hydrogen-bond acceptors (Lipinski definition) is 4. The van der Waals surface area contributed by atoms with E-state index in [-0.39, 0.29) is 10.8 Å². The second-order valence-electron chi connectivity index (χ2n) is 4.46. The molecule has 1 fully saturated rings. The summed E-state index contributed by atoms with van der Waals surface area (Å²) < 4.78 is 22.5. The fourth-order valence-electron chi connectivity index (χ4n) is 1.70. The van der Waals surface area contributed by atoms with Crippen LogP contribution in [0.4, 0.5) is 0 Å². The maximum Gasteiger partial charge on any atom is 0.262 e. The van der Waals surface area contributed by atoms with Crippen molar-refractivity contribution in [2.45, 2.75) is 31.1 Å². The van der Waals surface area contributed by atoms with Crippen molar-refractivity contribution in [2.75, 3.05) is 6.54 Å². The molecule has 0 atom stereocenters. The Kier molecular flexibility index (Phi) is 3.99. The van der Waals surface area contributed by atoms with Gasteiger partial charge in [-0.1, -0.05) is 12.8 Å². The average molecular weight is 308 g/mol. The summed E-state index contributed by atoms with van der Waals surface area (Å²) >= 11 is 1.15. The highest BCUT2D eigenvalue weighted by Crippen LogP contribution is 2.32. The molecule has 2 rings (SSSR count). The van der Waals surface area contributed by atoms with E-state index in [2.05, 4.69) is 5.32 Å². The predicted molar refractivity (Wildman–Crippen MR) is 71.8 cm³/mol.